The Labute approximate surface area is 115 Å². The second-order valence-electron chi connectivity index (χ2n) is 5.33. The topological polar surface area (TPSA) is 3.24 Å². The van der Waals surface area contributed by atoms with Crippen LogP contribution in [0.3, 0.4) is 0 Å². The molecule has 1 nitrogen and oxygen atoms in total. The van der Waals surface area contributed by atoms with E-state index in [4.69, 9.17) is 0 Å². The van der Waals surface area contributed by atoms with Gasteiger partial charge in [0.15, 0.2) is 0 Å². The van der Waals surface area contributed by atoms with Gasteiger partial charge in [-0.3, -0.25) is 0 Å². The standard InChI is InChI=1S/C18H19N/c1-19(2)12-6-9-14-8-5-11-17-16-10-4-3-7-15(16)13-18(14)17/h3-8,10-12H,9,13H2,1-2H3. The van der Waals surface area contributed by atoms with Crippen LogP contribution < -0.4 is 0 Å². The minimum absolute atomic E-state index is 1.01. The highest BCUT2D eigenvalue weighted by Crippen LogP contribution is 2.38. The van der Waals surface area contributed by atoms with Gasteiger partial charge in [-0.05, 0) is 46.9 Å². The van der Waals surface area contributed by atoms with Crippen LogP contribution in [-0.4, -0.2) is 19.0 Å². The van der Waals surface area contributed by atoms with E-state index in [1.807, 2.05) is 0 Å². The molecule has 2 aromatic carbocycles. The Bertz CT molecular complexity index is 623. The van der Waals surface area contributed by atoms with E-state index in [2.05, 4.69) is 73.7 Å². The molecule has 0 atom stereocenters. The van der Waals surface area contributed by atoms with E-state index in [9.17, 15) is 0 Å². The highest BCUT2D eigenvalue weighted by molar-refractivity contribution is 5.77. The average molecular weight is 249 g/mol. The van der Waals surface area contributed by atoms with E-state index in [0.29, 0.717) is 0 Å². The lowest BCUT2D eigenvalue weighted by Gasteiger charge is -2.07. The van der Waals surface area contributed by atoms with Crippen molar-refractivity contribution in [3.8, 4) is 11.1 Å². The highest BCUT2D eigenvalue weighted by Gasteiger charge is 2.19. The van der Waals surface area contributed by atoms with Crippen molar-refractivity contribution in [2.24, 2.45) is 0 Å². The first kappa shape index (κ1) is 12.0. The summed E-state index contributed by atoms with van der Waals surface area (Å²) in [5.74, 6) is 0. The molecular weight excluding hydrogens is 230 g/mol. The number of benzene rings is 2. The van der Waals surface area contributed by atoms with Crippen LogP contribution in [0.1, 0.15) is 16.7 Å². The summed E-state index contributed by atoms with van der Waals surface area (Å²) >= 11 is 0. The molecule has 1 aliphatic rings. The fourth-order valence-corrected chi connectivity index (χ4v) is 2.81. The van der Waals surface area contributed by atoms with Crippen molar-refractivity contribution in [3.05, 3.63) is 71.4 Å². The maximum Gasteiger partial charge on any atom is 0.00555 e. The molecule has 1 heteroatoms. The number of fused-ring (bicyclic) bond motifs is 3. The Morgan fingerprint density at radius 3 is 2.63 bits per heavy atom. The molecular formula is C18H19N. The molecule has 0 amide bonds. The van der Waals surface area contributed by atoms with E-state index >= 15 is 0 Å². The van der Waals surface area contributed by atoms with Crippen molar-refractivity contribution in [3.63, 3.8) is 0 Å². The Morgan fingerprint density at radius 2 is 1.79 bits per heavy atom. The van der Waals surface area contributed by atoms with Gasteiger partial charge >= 0.3 is 0 Å². The van der Waals surface area contributed by atoms with Crippen LogP contribution >= 0.6 is 0 Å². The third-order valence-electron chi connectivity index (χ3n) is 3.69. The van der Waals surface area contributed by atoms with Crippen molar-refractivity contribution in [2.45, 2.75) is 12.8 Å². The second kappa shape index (κ2) is 4.93. The Morgan fingerprint density at radius 1 is 1.00 bits per heavy atom. The SMILES string of the molecule is CN(C)C=CCc1cccc2c1Cc1ccccc1-2. The molecule has 2 aromatic rings. The lowest BCUT2D eigenvalue weighted by Crippen LogP contribution is -2.00. The number of rotatable bonds is 3. The highest BCUT2D eigenvalue weighted by atomic mass is 15.0. The third kappa shape index (κ3) is 2.28. The molecule has 19 heavy (non-hydrogen) atoms. The van der Waals surface area contributed by atoms with Crippen LogP contribution in [0.5, 0.6) is 0 Å². The molecule has 1 aliphatic carbocycles. The largest absolute Gasteiger partial charge is 0.384 e. The molecule has 96 valence electrons. The molecule has 0 aromatic heterocycles. The fraction of sp³-hybridized carbons (Fsp3) is 0.222. The quantitative estimate of drug-likeness (QED) is 0.681. The number of hydrogen-bond donors (Lipinski definition) is 0. The molecule has 0 fully saturated rings. The zero-order chi connectivity index (χ0) is 13.2. The Kier molecular flexibility index (Phi) is 3.12. The maximum absolute atomic E-state index is 2.25. The van der Waals surface area contributed by atoms with E-state index in [1.54, 1.807) is 0 Å². The third-order valence-corrected chi connectivity index (χ3v) is 3.69. The van der Waals surface area contributed by atoms with Gasteiger partial charge in [-0.25, -0.2) is 0 Å². The van der Waals surface area contributed by atoms with Crippen molar-refractivity contribution in [2.75, 3.05) is 14.1 Å². The average Bonchev–Trinajstić information content (AvgIpc) is 2.78. The predicted molar refractivity (Wildman–Crippen MR) is 81.2 cm³/mol. The molecule has 0 aliphatic heterocycles. The minimum atomic E-state index is 1.01. The summed E-state index contributed by atoms with van der Waals surface area (Å²) in [7, 11) is 4.11. The van der Waals surface area contributed by atoms with Gasteiger partial charge in [0.05, 0.1) is 0 Å². The van der Waals surface area contributed by atoms with Crippen LogP contribution in [-0.2, 0) is 12.8 Å². The fourth-order valence-electron chi connectivity index (χ4n) is 2.81. The van der Waals surface area contributed by atoms with Crippen LogP contribution in [0.15, 0.2) is 54.7 Å². The molecule has 3 rings (SSSR count). The summed E-state index contributed by atoms with van der Waals surface area (Å²) in [6.45, 7) is 0. The molecule has 0 bridgehead atoms. The van der Waals surface area contributed by atoms with Crippen LogP contribution in [0.2, 0.25) is 0 Å². The lowest BCUT2D eigenvalue weighted by atomic mass is 9.99. The van der Waals surface area contributed by atoms with Crippen LogP contribution in [0.4, 0.5) is 0 Å². The second-order valence-corrected chi connectivity index (χ2v) is 5.33. The van der Waals surface area contributed by atoms with E-state index < -0.39 is 0 Å². The first-order chi connectivity index (χ1) is 9.25. The molecule has 0 N–H and O–H groups in total. The monoisotopic (exact) mass is 249 g/mol. The van der Waals surface area contributed by atoms with Gasteiger partial charge in [0.1, 0.15) is 0 Å². The van der Waals surface area contributed by atoms with Crippen molar-refractivity contribution >= 4 is 0 Å². The van der Waals surface area contributed by atoms with Crippen LogP contribution in [0.25, 0.3) is 11.1 Å². The van der Waals surface area contributed by atoms with Gasteiger partial charge in [-0.2, -0.15) is 0 Å². The van der Waals surface area contributed by atoms with Crippen molar-refractivity contribution in [1.82, 2.24) is 4.90 Å². The molecule has 0 saturated carbocycles. The molecule has 0 radical (unpaired) electrons. The van der Waals surface area contributed by atoms with E-state index in [0.717, 1.165) is 12.8 Å². The first-order valence-electron chi connectivity index (χ1n) is 6.78. The summed E-state index contributed by atoms with van der Waals surface area (Å²) < 4.78 is 0. The van der Waals surface area contributed by atoms with Gasteiger partial charge in [-0.1, -0.05) is 48.5 Å². The lowest BCUT2D eigenvalue weighted by molar-refractivity contribution is 0.562. The molecule has 0 heterocycles. The first-order valence-corrected chi connectivity index (χ1v) is 6.78. The molecule has 0 spiro atoms. The Balaban J connectivity index is 1.95. The zero-order valence-electron chi connectivity index (χ0n) is 11.6. The van der Waals surface area contributed by atoms with Crippen molar-refractivity contribution in [1.29, 1.82) is 0 Å². The Hall–Kier alpha value is -2.02. The maximum atomic E-state index is 2.25. The molecule has 0 unspecified atom stereocenters. The zero-order valence-corrected chi connectivity index (χ0v) is 11.6. The number of allylic oxidation sites excluding steroid dienone is 1. The van der Waals surface area contributed by atoms with Gasteiger partial charge < -0.3 is 4.90 Å². The summed E-state index contributed by atoms with van der Waals surface area (Å²) in [6, 6.07) is 15.4. The van der Waals surface area contributed by atoms with Gasteiger partial charge in [-0.15, -0.1) is 0 Å². The number of nitrogens with zero attached hydrogens (tertiary/aromatic N) is 1. The van der Waals surface area contributed by atoms with Gasteiger partial charge in [0.25, 0.3) is 0 Å². The van der Waals surface area contributed by atoms with Gasteiger partial charge in [0.2, 0.25) is 0 Å². The smallest absolute Gasteiger partial charge is 0.00555 e. The summed E-state index contributed by atoms with van der Waals surface area (Å²) in [5, 5.41) is 0. The number of hydrogen-bond acceptors (Lipinski definition) is 1. The van der Waals surface area contributed by atoms with Crippen LogP contribution in [0, 0.1) is 0 Å². The molecule has 0 saturated heterocycles. The summed E-state index contributed by atoms with van der Waals surface area (Å²) in [6.07, 6.45) is 6.45. The van der Waals surface area contributed by atoms with Crippen molar-refractivity contribution < 1.29 is 0 Å². The van der Waals surface area contributed by atoms with Gasteiger partial charge in [0, 0.05) is 14.1 Å². The summed E-state index contributed by atoms with van der Waals surface area (Å²) in [5.41, 5.74) is 7.25. The normalized spacial score (nSPS) is 12.5. The minimum Gasteiger partial charge on any atom is -0.384 e. The van der Waals surface area contributed by atoms with E-state index in [-0.39, 0.29) is 0 Å². The predicted octanol–water partition coefficient (Wildman–Crippen LogP) is 3.88. The summed E-state index contributed by atoms with van der Waals surface area (Å²) in [4.78, 5) is 2.08. The van der Waals surface area contributed by atoms with E-state index in [1.165, 1.54) is 27.8 Å².